The molecule has 0 bridgehead atoms. The van der Waals surface area contributed by atoms with Crippen LogP contribution < -0.4 is 0 Å². The summed E-state index contributed by atoms with van der Waals surface area (Å²) >= 11 is 0. The molecule has 1 atom stereocenters. The van der Waals surface area contributed by atoms with Gasteiger partial charge in [0.15, 0.2) is 0 Å². The standard InChI is InChI=1S/C13H29N/c1-5-8-9-10-11-13(4)12-14(6-2)7-3/h13H,5-12H2,1-4H3. The van der Waals surface area contributed by atoms with Crippen molar-refractivity contribution in [3.63, 3.8) is 0 Å². The molecule has 0 saturated carbocycles. The molecule has 0 aromatic heterocycles. The van der Waals surface area contributed by atoms with Crippen LogP contribution in [-0.4, -0.2) is 24.5 Å². The molecule has 0 N–H and O–H groups in total. The van der Waals surface area contributed by atoms with Crippen molar-refractivity contribution < 1.29 is 0 Å². The van der Waals surface area contributed by atoms with Gasteiger partial charge in [0, 0.05) is 6.54 Å². The molecule has 0 amide bonds. The molecule has 0 fully saturated rings. The number of hydrogen-bond donors (Lipinski definition) is 0. The van der Waals surface area contributed by atoms with Crippen LogP contribution in [0.3, 0.4) is 0 Å². The van der Waals surface area contributed by atoms with Crippen LogP contribution in [0, 0.1) is 5.92 Å². The number of unbranched alkanes of at least 4 members (excludes halogenated alkanes) is 3. The van der Waals surface area contributed by atoms with Gasteiger partial charge in [-0.05, 0) is 25.4 Å². The molecule has 1 heteroatoms. The summed E-state index contributed by atoms with van der Waals surface area (Å²) in [6.45, 7) is 12.9. The third-order valence-corrected chi connectivity index (χ3v) is 3.01. The summed E-state index contributed by atoms with van der Waals surface area (Å²) < 4.78 is 0. The highest BCUT2D eigenvalue weighted by Gasteiger charge is 2.06. The van der Waals surface area contributed by atoms with Crippen LogP contribution in [0.1, 0.15) is 59.8 Å². The lowest BCUT2D eigenvalue weighted by Crippen LogP contribution is -2.28. The molecule has 1 nitrogen and oxygen atoms in total. The smallest absolute Gasteiger partial charge is 0.000679 e. The van der Waals surface area contributed by atoms with Gasteiger partial charge in [-0.15, -0.1) is 0 Å². The van der Waals surface area contributed by atoms with Gasteiger partial charge in [-0.25, -0.2) is 0 Å². The number of rotatable bonds is 9. The Morgan fingerprint density at radius 3 is 2.07 bits per heavy atom. The molecular weight excluding hydrogens is 170 g/mol. The Morgan fingerprint density at radius 2 is 1.57 bits per heavy atom. The van der Waals surface area contributed by atoms with Gasteiger partial charge in [0.25, 0.3) is 0 Å². The maximum atomic E-state index is 2.53. The first-order valence-corrected chi connectivity index (χ1v) is 6.46. The Kier molecular flexibility index (Phi) is 9.49. The van der Waals surface area contributed by atoms with Crippen molar-refractivity contribution >= 4 is 0 Å². The van der Waals surface area contributed by atoms with Gasteiger partial charge >= 0.3 is 0 Å². The molecule has 0 aliphatic carbocycles. The minimum absolute atomic E-state index is 0.881. The molecule has 0 spiro atoms. The Labute approximate surface area is 90.9 Å². The lowest BCUT2D eigenvalue weighted by atomic mass is 10.0. The van der Waals surface area contributed by atoms with Gasteiger partial charge in [-0.1, -0.05) is 53.4 Å². The topological polar surface area (TPSA) is 3.24 Å². The van der Waals surface area contributed by atoms with Crippen LogP contribution in [0.15, 0.2) is 0 Å². The summed E-state index contributed by atoms with van der Waals surface area (Å²) in [5, 5.41) is 0. The van der Waals surface area contributed by atoms with E-state index in [0.717, 1.165) is 5.92 Å². The Morgan fingerprint density at radius 1 is 0.929 bits per heavy atom. The molecule has 0 saturated heterocycles. The van der Waals surface area contributed by atoms with Gasteiger partial charge in [-0.2, -0.15) is 0 Å². The zero-order valence-electron chi connectivity index (χ0n) is 10.7. The Bertz CT molecular complexity index is 108. The average Bonchev–Trinajstić information content (AvgIpc) is 2.21. The lowest BCUT2D eigenvalue weighted by Gasteiger charge is -2.22. The fraction of sp³-hybridized carbons (Fsp3) is 1.00. The first-order valence-electron chi connectivity index (χ1n) is 6.46. The highest BCUT2D eigenvalue weighted by molar-refractivity contribution is 4.60. The summed E-state index contributed by atoms with van der Waals surface area (Å²) in [6.07, 6.45) is 7.04. The van der Waals surface area contributed by atoms with E-state index in [9.17, 15) is 0 Å². The Balaban J connectivity index is 3.38. The van der Waals surface area contributed by atoms with E-state index in [0.29, 0.717) is 0 Å². The quantitative estimate of drug-likeness (QED) is 0.508. The van der Waals surface area contributed by atoms with Gasteiger partial charge in [-0.3, -0.25) is 0 Å². The van der Waals surface area contributed by atoms with Crippen molar-refractivity contribution in [3.8, 4) is 0 Å². The summed E-state index contributed by atoms with van der Waals surface area (Å²) in [5.41, 5.74) is 0. The van der Waals surface area contributed by atoms with E-state index in [1.807, 2.05) is 0 Å². The van der Waals surface area contributed by atoms with Crippen LogP contribution in [0.25, 0.3) is 0 Å². The normalized spacial score (nSPS) is 13.5. The van der Waals surface area contributed by atoms with E-state index < -0.39 is 0 Å². The molecule has 86 valence electrons. The second-order valence-electron chi connectivity index (χ2n) is 4.44. The van der Waals surface area contributed by atoms with Crippen molar-refractivity contribution in [1.29, 1.82) is 0 Å². The monoisotopic (exact) mass is 199 g/mol. The fourth-order valence-electron chi connectivity index (χ4n) is 1.93. The Hall–Kier alpha value is -0.0400. The van der Waals surface area contributed by atoms with E-state index >= 15 is 0 Å². The highest BCUT2D eigenvalue weighted by Crippen LogP contribution is 2.11. The predicted molar refractivity (Wildman–Crippen MR) is 65.7 cm³/mol. The molecule has 14 heavy (non-hydrogen) atoms. The van der Waals surface area contributed by atoms with Gasteiger partial charge in [0.05, 0.1) is 0 Å². The zero-order chi connectivity index (χ0) is 10.8. The van der Waals surface area contributed by atoms with Gasteiger partial charge in [0.2, 0.25) is 0 Å². The van der Waals surface area contributed by atoms with Crippen molar-refractivity contribution in [3.05, 3.63) is 0 Å². The molecule has 0 radical (unpaired) electrons. The van der Waals surface area contributed by atoms with E-state index in [1.54, 1.807) is 0 Å². The van der Waals surface area contributed by atoms with Crippen LogP contribution in [0.2, 0.25) is 0 Å². The largest absolute Gasteiger partial charge is 0.304 e. The van der Waals surface area contributed by atoms with Crippen LogP contribution in [0.4, 0.5) is 0 Å². The maximum Gasteiger partial charge on any atom is 0.000679 e. The minimum Gasteiger partial charge on any atom is -0.304 e. The minimum atomic E-state index is 0.881. The average molecular weight is 199 g/mol. The highest BCUT2D eigenvalue weighted by atomic mass is 15.1. The van der Waals surface area contributed by atoms with Crippen molar-refractivity contribution in [1.82, 2.24) is 4.90 Å². The van der Waals surface area contributed by atoms with E-state index in [-0.39, 0.29) is 0 Å². The first kappa shape index (κ1) is 14.0. The van der Waals surface area contributed by atoms with Gasteiger partial charge in [0.1, 0.15) is 0 Å². The van der Waals surface area contributed by atoms with E-state index in [1.165, 1.54) is 51.7 Å². The van der Waals surface area contributed by atoms with Gasteiger partial charge < -0.3 is 4.90 Å². The molecule has 0 aliphatic rings. The third-order valence-electron chi connectivity index (χ3n) is 3.01. The van der Waals surface area contributed by atoms with Crippen molar-refractivity contribution in [2.24, 2.45) is 5.92 Å². The van der Waals surface area contributed by atoms with E-state index in [2.05, 4.69) is 32.6 Å². The predicted octanol–water partition coefficient (Wildman–Crippen LogP) is 3.93. The summed E-state index contributed by atoms with van der Waals surface area (Å²) in [7, 11) is 0. The summed E-state index contributed by atoms with van der Waals surface area (Å²) in [6, 6.07) is 0. The van der Waals surface area contributed by atoms with Crippen LogP contribution >= 0.6 is 0 Å². The molecule has 0 rings (SSSR count). The lowest BCUT2D eigenvalue weighted by molar-refractivity contribution is 0.251. The first-order chi connectivity index (χ1) is 6.74. The second-order valence-corrected chi connectivity index (χ2v) is 4.44. The zero-order valence-corrected chi connectivity index (χ0v) is 10.7. The molecule has 0 aliphatic heterocycles. The summed E-state index contributed by atoms with van der Waals surface area (Å²) in [4.78, 5) is 2.53. The number of nitrogens with zero attached hydrogens (tertiary/aromatic N) is 1. The molecular formula is C13H29N. The molecule has 1 unspecified atom stereocenters. The molecule has 0 aromatic rings. The maximum absolute atomic E-state index is 2.53. The van der Waals surface area contributed by atoms with Crippen molar-refractivity contribution in [2.45, 2.75) is 59.8 Å². The summed E-state index contributed by atoms with van der Waals surface area (Å²) in [5.74, 6) is 0.881. The van der Waals surface area contributed by atoms with Crippen molar-refractivity contribution in [2.75, 3.05) is 19.6 Å². The second kappa shape index (κ2) is 9.51. The fourth-order valence-corrected chi connectivity index (χ4v) is 1.93. The third kappa shape index (κ3) is 7.37. The van der Waals surface area contributed by atoms with Crippen LogP contribution in [-0.2, 0) is 0 Å². The van der Waals surface area contributed by atoms with Crippen LogP contribution in [0.5, 0.6) is 0 Å². The van der Waals surface area contributed by atoms with E-state index in [4.69, 9.17) is 0 Å². The molecule has 0 aromatic carbocycles. The SMILES string of the molecule is CCCCCCC(C)CN(CC)CC. The molecule has 0 heterocycles. The number of hydrogen-bond acceptors (Lipinski definition) is 1.